The Kier molecular flexibility index (Phi) is 5.91. The van der Waals surface area contributed by atoms with Gasteiger partial charge in [-0.2, -0.15) is 5.10 Å². The fraction of sp³-hybridized carbons (Fsp3) is 0.259. The van der Waals surface area contributed by atoms with Gasteiger partial charge in [-0.15, -0.1) is 0 Å². The third kappa shape index (κ3) is 4.45. The second-order valence-electron chi connectivity index (χ2n) is 8.97. The van der Waals surface area contributed by atoms with Gasteiger partial charge in [-0.3, -0.25) is 9.69 Å². The summed E-state index contributed by atoms with van der Waals surface area (Å²) in [4.78, 5) is 17.9. The lowest BCUT2D eigenvalue weighted by atomic mass is 10.1. The molecule has 4 heterocycles. The largest absolute Gasteiger partial charge is 0.460 e. The Hall–Kier alpha value is -3.75. The molecule has 1 amide bonds. The quantitative estimate of drug-likeness (QED) is 0.389. The van der Waals surface area contributed by atoms with E-state index in [-0.39, 0.29) is 12.7 Å². The maximum absolute atomic E-state index is 13.7. The van der Waals surface area contributed by atoms with Crippen molar-refractivity contribution in [3.8, 4) is 28.6 Å². The van der Waals surface area contributed by atoms with Gasteiger partial charge in [0.05, 0.1) is 5.69 Å². The van der Waals surface area contributed by atoms with Crippen LogP contribution in [0.4, 0.5) is 0 Å². The number of hydrogen-bond donors (Lipinski definition) is 0. The average Bonchev–Trinajstić information content (AvgIpc) is 3.63. The Labute approximate surface area is 213 Å². The summed E-state index contributed by atoms with van der Waals surface area (Å²) in [5.41, 5.74) is 2.97. The molecule has 0 radical (unpaired) electrons. The van der Waals surface area contributed by atoms with Crippen molar-refractivity contribution in [2.45, 2.75) is 13.5 Å². The first-order chi connectivity index (χ1) is 17.5. The molecule has 1 saturated heterocycles. The fourth-order valence-corrected chi connectivity index (χ4v) is 4.78. The van der Waals surface area contributed by atoms with Gasteiger partial charge in [-0.1, -0.05) is 23.7 Å². The normalized spacial score (nSPS) is 15.4. The summed E-state index contributed by atoms with van der Waals surface area (Å²) in [5, 5.41) is 5.28. The van der Waals surface area contributed by atoms with Gasteiger partial charge in [0.25, 0.3) is 5.91 Å². The second-order valence-corrected chi connectivity index (χ2v) is 9.41. The van der Waals surface area contributed by atoms with Crippen LogP contribution in [-0.4, -0.2) is 58.5 Å². The van der Waals surface area contributed by atoms with Crippen molar-refractivity contribution in [2.24, 2.45) is 0 Å². The minimum atomic E-state index is -0.0697. The van der Waals surface area contributed by atoms with Crippen molar-refractivity contribution in [1.29, 1.82) is 0 Å². The van der Waals surface area contributed by atoms with Crippen LogP contribution < -0.4 is 9.47 Å². The van der Waals surface area contributed by atoms with Gasteiger partial charge < -0.3 is 18.8 Å². The van der Waals surface area contributed by atoms with Crippen molar-refractivity contribution < 1.29 is 18.7 Å². The topological polar surface area (TPSA) is 73.0 Å². The highest BCUT2D eigenvalue weighted by Crippen LogP contribution is 2.33. The first-order valence-electron chi connectivity index (χ1n) is 11.9. The van der Waals surface area contributed by atoms with Crippen molar-refractivity contribution in [3.05, 3.63) is 82.7 Å². The van der Waals surface area contributed by atoms with E-state index >= 15 is 0 Å². The van der Waals surface area contributed by atoms with E-state index in [0.29, 0.717) is 35.3 Å². The van der Waals surface area contributed by atoms with Crippen LogP contribution in [0.2, 0.25) is 5.02 Å². The van der Waals surface area contributed by atoms with Crippen LogP contribution in [0.1, 0.15) is 21.8 Å². The Bertz CT molecular complexity index is 1420. The van der Waals surface area contributed by atoms with Gasteiger partial charge in [0.15, 0.2) is 17.3 Å². The number of halogens is 1. The molecule has 9 heteroatoms. The number of nitrogens with zero attached hydrogens (tertiary/aromatic N) is 4. The molecule has 0 atom stereocenters. The van der Waals surface area contributed by atoms with E-state index in [1.165, 1.54) is 0 Å². The number of aryl methyl sites for hydroxylation is 1. The Balaban J connectivity index is 1.20. The number of carbonyl (C=O) groups excluding carboxylic acids is 1. The first-order valence-corrected chi connectivity index (χ1v) is 12.2. The predicted molar refractivity (Wildman–Crippen MR) is 135 cm³/mol. The molecule has 36 heavy (non-hydrogen) atoms. The summed E-state index contributed by atoms with van der Waals surface area (Å²) in [6, 6.07) is 18.9. The van der Waals surface area contributed by atoms with E-state index in [2.05, 4.69) is 11.0 Å². The predicted octanol–water partition coefficient (Wildman–Crippen LogP) is 4.78. The van der Waals surface area contributed by atoms with Gasteiger partial charge in [-0.05, 0) is 55.0 Å². The minimum absolute atomic E-state index is 0.0697. The lowest BCUT2D eigenvalue weighted by molar-refractivity contribution is 0.0619. The van der Waals surface area contributed by atoms with Crippen LogP contribution in [0.15, 0.2) is 65.1 Å². The lowest BCUT2D eigenvalue weighted by Crippen LogP contribution is -2.48. The van der Waals surface area contributed by atoms with Gasteiger partial charge in [0, 0.05) is 43.8 Å². The highest BCUT2D eigenvalue weighted by atomic mass is 35.5. The number of aromatic nitrogens is 2. The Morgan fingerprint density at radius 2 is 1.81 bits per heavy atom. The number of fused-ring (bicyclic) bond motifs is 1. The monoisotopic (exact) mass is 504 g/mol. The summed E-state index contributed by atoms with van der Waals surface area (Å²) in [5.74, 6) is 2.91. The molecule has 0 aliphatic carbocycles. The number of amides is 1. The van der Waals surface area contributed by atoms with Crippen LogP contribution in [0.25, 0.3) is 17.1 Å². The molecule has 4 aromatic rings. The van der Waals surface area contributed by atoms with Crippen molar-refractivity contribution in [2.75, 3.05) is 33.0 Å². The number of rotatable bonds is 5. The second kappa shape index (κ2) is 9.37. The maximum atomic E-state index is 13.7. The van der Waals surface area contributed by atoms with Crippen molar-refractivity contribution in [3.63, 3.8) is 0 Å². The number of benzene rings is 2. The number of furan rings is 1. The number of ether oxygens (including phenoxy) is 2. The molecular weight excluding hydrogens is 480 g/mol. The first kappa shape index (κ1) is 22.7. The molecule has 6 rings (SSSR count). The smallest absolute Gasteiger partial charge is 0.272 e. The molecular formula is C27H25ClN4O4. The summed E-state index contributed by atoms with van der Waals surface area (Å²) in [6.07, 6.45) is 0. The van der Waals surface area contributed by atoms with Crippen molar-refractivity contribution in [1.82, 2.24) is 19.6 Å². The van der Waals surface area contributed by atoms with E-state index in [1.54, 1.807) is 22.9 Å². The lowest BCUT2D eigenvalue weighted by Gasteiger charge is -2.34. The molecule has 0 spiro atoms. The Morgan fingerprint density at radius 3 is 2.58 bits per heavy atom. The van der Waals surface area contributed by atoms with Gasteiger partial charge >= 0.3 is 0 Å². The van der Waals surface area contributed by atoms with Gasteiger partial charge in [0.1, 0.15) is 17.1 Å². The molecule has 0 N–H and O–H groups in total. The highest BCUT2D eigenvalue weighted by Gasteiger charge is 2.27. The maximum Gasteiger partial charge on any atom is 0.272 e. The molecule has 2 aromatic heterocycles. The van der Waals surface area contributed by atoms with Crippen LogP contribution in [-0.2, 0) is 6.54 Å². The van der Waals surface area contributed by atoms with E-state index in [9.17, 15) is 4.79 Å². The molecule has 0 saturated carbocycles. The van der Waals surface area contributed by atoms with Crippen LogP contribution in [0.5, 0.6) is 11.5 Å². The summed E-state index contributed by atoms with van der Waals surface area (Å²) in [6.45, 7) is 5.74. The molecule has 0 bridgehead atoms. The van der Waals surface area contributed by atoms with Gasteiger partial charge in [-0.25, -0.2) is 4.68 Å². The minimum Gasteiger partial charge on any atom is -0.460 e. The molecule has 1 fully saturated rings. The van der Waals surface area contributed by atoms with Crippen LogP contribution in [0, 0.1) is 6.92 Å². The molecule has 184 valence electrons. The molecule has 0 unspecified atom stereocenters. The zero-order valence-electron chi connectivity index (χ0n) is 19.8. The third-order valence-corrected chi connectivity index (χ3v) is 6.71. The molecule has 2 aromatic carbocycles. The van der Waals surface area contributed by atoms with E-state index in [4.69, 9.17) is 30.6 Å². The fourth-order valence-electron chi connectivity index (χ4n) is 4.60. The standard InChI is InChI=1S/C27H25ClN4O4/c1-18-5-7-24(36-18)22-15-23(32(29-22)21-4-2-3-20(28)14-21)27(33)31-11-9-30(10-12-31)16-19-6-8-25-26(13-19)35-17-34-25/h2-8,13-15H,9-12,16-17H2,1H3. The molecule has 8 nitrogen and oxygen atoms in total. The zero-order valence-corrected chi connectivity index (χ0v) is 20.6. The molecule has 2 aliphatic heterocycles. The third-order valence-electron chi connectivity index (χ3n) is 6.48. The van der Waals surface area contributed by atoms with E-state index in [1.807, 2.05) is 48.2 Å². The van der Waals surface area contributed by atoms with Gasteiger partial charge in [0.2, 0.25) is 6.79 Å². The number of piperazine rings is 1. The summed E-state index contributed by atoms with van der Waals surface area (Å²) < 4.78 is 18.3. The summed E-state index contributed by atoms with van der Waals surface area (Å²) in [7, 11) is 0. The van der Waals surface area contributed by atoms with Crippen LogP contribution >= 0.6 is 11.6 Å². The van der Waals surface area contributed by atoms with Crippen LogP contribution in [0.3, 0.4) is 0 Å². The van der Waals surface area contributed by atoms with E-state index < -0.39 is 0 Å². The summed E-state index contributed by atoms with van der Waals surface area (Å²) >= 11 is 6.24. The average molecular weight is 505 g/mol. The SMILES string of the molecule is Cc1ccc(-c2cc(C(=O)N3CCN(Cc4ccc5c(c4)OCO5)CC3)n(-c3cccc(Cl)c3)n2)o1. The zero-order chi connectivity index (χ0) is 24.6. The number of hydrogen-bond acceptors (Lipinski definition) is 6. The van der Waals surface area contributed by atoms with E-state index in [0.717, 1.165) is 48.1 Å². The highest BCUT2D eigenvalue weighted by molar-refractivity contribution is 6.30. The molecule has 2 aliphatic rings. The van der Waals surface area contributed by atoms with Crippen molar-refractivity contribution >= 4 is 17.5 Å². The Morgan fingerprint density at radius 1 is 0.972 bits per heavy atom. The number of carbonyl (C=O) groups is 1.